The average molecular weight is 461 g/mol. The summed E-state index contributed by atoms with van der Waals surface area (Å²) in [6.07, 6.45) is 4.81. The lowest BCUT2D eigenvalue weighted by atomic mass is 9.55. The SMILES string of the molecule is Cc1ccc2c(c1)C=CC2C(c1ccccc1)(c1ccccc1)C1c2ccccc2-c2ccccc21. The van der Waals surface area contributed by atoms with Gasteiger partial charge in [0.25, 0.3) is 0 Å². The van der Waals surface area contributed by atoms with Gasteiger partial charge in [0.05, 0.1) is 0 Å². The monoisotopic (exact) mass is 460 g/mol. The van der Waals surface area contributed by atoms with Gasteiger partial charge in [-0.1, -0.05) is 145 Å². The molecule has 0 aromatic heterocycles. The Labute approximate surface area is 213 Å². The van der Waals surface area contributed by atoms with Crippen LogP contribution in [-0.4, -0.2) is 0 Å². The third-order valence-electron chi connectivity index (χ3n) is 8.33. The van der Waals surface area contributed by atoms with Crippen LogP contribution in [0.2, 0.25) is 0 Å². The molecule has 2 aliphatic rings. The van der Waals surface area contributed by atoms with Crippen molar-refractivity contribution in [2.45, 2.75) is 24.2 Å². The summed E-state index contributed by atoms with van der Waals surface area (Å²) in [7, 11) is 0. The largest absolute Gasteiger partial charge is 0.0751 e. The fourth-order valence-corrected chi connectivity index (χ4v) is 6.94. The molecule has 0 fully saturated rings. The summed E-state index contributed by atoms with van der Waals surface area (Å²) in [6.45, 7) is 2.19. The Balaban J connectivity index is 1.63. The number of allylic oxidation sites excluding steroid dienone is 1. The number of fused-ring (bicyclic) bond motifs is 4. The molecule has 7 rings (SSSR count). The summed E-state index contributed by atoms with van der Waals surface area (Å²) < 4.78 is 0. The molecular weight excluding hydrogens is 432 g/mol. The minimum atomic E-state index is -0.317. The summed E-state index contributed by atoms with van der Waals surface area (Å²) in [5.41, 5.74) is 12.0. The van der Waals surface area contributed by atoms with Gasteiger partial charge in [-0.25, -0.2) is 0 Å². The normalized spacial score (nSPS) is 16.0. The highest BCUT2D eigenvalue weighted by Gasteiger charge is 2.53. The number of rotatable bonds is 4. The molecule has 172 valence electrons. The summed E-state index contributed by atoms with van der Waals surface area (Å²) >= 11 is 0. The molecule has 1 unspecified atom stereocenters. The number of hydrogen-bond donors (Lipinski definition) is 0. The van der Waals surface area contributed by atoms with Gasteiger partial charge in [-0.3, -0.25) is 0 Å². The Hall–Kier alpha value is -4.16. The maximum Gasteiger partial charge on any atom is 0.0415 e. The van der Waals surface area contributed by atoms with Crippen molar-refractivity contribution in [1.82, 2.24) is 0 Å². The molecule has 0 radical (unpaired) electrons. The molecule has 2 aliphatic carbocycles. The number of hydrogen-bond acceptors (Lipinski definition) is 0. The summed E-state index contributed by atoms with van der Waals surface area (Å²) in [4.78, 5) is 0. The fraction of sp³-hybridized carbons (Fsp3) is 0.111. The molecular formula is C36H28. The molecule has 0 saturated heterocycles. The van der Waals surface area contributed by atoms with Gasteiger partial charge < -0.3 is 0 Å². The molecule has 5 aromatic carbocycles. The third-order valence-corrected chi connectivity index (χ3v) is 8.33. The molecule has 0 spiro atoms. The first kappa shape index (κ1) is 21.1. The first-order valence-electron chi connectivity index (χ1n) is 12.9. The van der Waals surface area contributed by atoms with Crippen molar-refractivity contribution in [2.24, 2.45) is 0 Å². The Kier molecular flexibility index (Phi) is 4.82. The maximum absolute atomic E-state index is 2.47. The van der Waals surface area contributed by atoms with E-state index in [9.17, 15) is 0 Å². The van der Waals surface area contributed by atoms with E-state index in [1.165, 1.54) is 50.1 Å². The highest BCUT2D eigenvalue weighted by molar-refractivity contribution is 5.81. The molecule has 0 saturated carbocycles. The lowest BCUT2D eigenvalue weighted by Crippen LogP contribution is -2.40. The van der Waals surface area contributed by atoms with Crippen LogP contribution in [0.3, 0.4) is 0 Å². The Bertz CT molecular complexity index is 1510. The molecule has 0 heterocycles. The zero-order valence-corrected chi connectivity index (χ0v) is 20.4. The lowest BCUT2D eigenvalue weighted by Gasteiger charge is -2.46. The second kappa shape index (κ2) is 8.21. The lowest BCUT2D eigenvalue weighted by molar-refractivity contribution is 0.417. The van der Waals surface area contributed by atoms with E-state index in [0.29, 0.717) is 0 Å². The first-order valence-corrected chi connectivity index (χ1v) is 12.9. The minimum absolute atomic E-state index is 0.177. The first-order chi connectivity index (χ1) is 17.8. The molecule has 1 atom stereocenters. The average Bonchev–Trinajstić information content (AvgIpc) is 3.51. The van der Waals surface area contributed by atoms with Crippen LogP contribution in [0.15, 0.2) is 133 Å². The van der Waals surface area contributed by atoms with Crippen LogP contribution in [0.25, 0.3) is 17.2 Å². The van der Waals surface area contributed by atoms with Crippen LogP contribution in [-0.2, 0) is 5.41 Å². The zero-order valence-electron chi connectivity index (χ0n) is 20.4. The second-order valence-corrected chi connectivity index (χ2v) is 10.2. The van der Waals surface area contributed by atoms with Crippen LogP contribution in [0.1, 0.15) is 50.8 Å². The van der Waals surface area contributed by atoms with E-state index in [1.54, 1.807) is 0 Å². The molecule has 0 aliphatic heterocycles. The molecule has 0 heteroatoms. The van der Waals surface area contributed by atoms with Crippen molar-refractivity contribution in [3.8, 4) is 11.1 Å². The smallest absolute Gasteiger partial charge is 0.0415 e. The number of benzene rings is 5. The van der Waals surface area contributed by atoms with Crippen LogP contribution in [0, 0.1) is 6.92 Å². The predicted octanol–water partition coefficient (Wildman–Crippen LogP) is 8.90. The van der Waals surface area contributed by atoms with Gasteiger partial charge in [0.15, 0.2) is 0 Å². The second-order valence-electron chi connectivity index (χ2n) is 10.2. The third kappa shape index (κ3) is 2.94. The Morgan fingerprint density at radius 1 is 0.528 bits per heavy atom. The summed E-state index contributed by atoms with van der Waals surface area (Å²) in [5.74, 6) is 0.374. The Morgan fingerprint density at radius 3 is 1.64 bits per heavy atom. The fourth-order valence-electron chi connectivity index (χ4n) is 6.94. The van der Waals surface area contributed by atoms with E-state index in [0.717, 1.165) is 0 Å². The molecule has 0 amide bonds. The van der Waals surface area contributed by atoms with Crippen LogP contribution in [0.5, 0.6) is 0 Å². The van der Waals surface area contributed by atoms with Crippen LogP contribution in [0.4, 0.5) is 0 Å². The van der Waals surface area contributed by atoms with E-state index >= 15 is 0 Å². The van der Waals surface area contributed by atoms with Crippen molar-refractivity contribution in [3.63, 3.8) is 0 Å². The Morgan fingerprint density at radius 2 is 1.06 bits per heavy atom. The van der Waals surface area contributed by atoms with E-state index in [1.807, 2.05) is 0 Å². The van der Waals surface area contributed by atoms with Gasteiger partial charge in [-0.05, 0) is 51.4 Å². The highest BCUT2D eigenvalue weighted by Crippen LogP contribution is 2.62. The predicted molar refractivity (Wildman–Crippen MR) is 150 cm³/mol. The molecule has 0 nitrogen and oxygen atoms in total. The molecule has 0 N–H and O–H groups in total. The van der Waals surface area contributed by atoms with E-state index in [-0.39, 0.29) is 17.3 Å². The van der Waals surface area contributed by atoms with E-state index in [4.69, 9.17) is 0 Å². The van der Waals surface area contributed by atoms with Crippen LogP contribution < -0.4 is 0 Å². The highest BCUT2D eigenvalue weighted by atomic mass is 14.5. The zero-order chi connectivity index (χ0) is 24.1. The van der Waals surface area contributed by atoms with Crippen molar-refractivity contribution < 1.29 is 0 Å². The van der Waals surface area contributed by atoms with E-state index < -0.39 is 0 Å². The van der Waals surface area contributed by atoms with Crippen molar-refractivity contribution >= 4 is 6.08 Å². The summed E-state index contributed by atoms with van der Waals surface area (Å²) in [6, 6.07) is 47.5. The van der Waals surface area contributed by atoms with Crippen molar-refractivity contribution in [1.29, 1.82) is 0 Å². The maximum atomic E-state index is 2.47. The topological polar surface area (TPSA) is 0 Å². The van der Waals surface area contributed by atoms with Gasteiger partial charge in [-0.15, -0.1) is 0 Å². The van der Waals surface area contributed by atoms with Gasteiger partial charge in [0, 0.05) is 17.3 Å². The van der Waals surface area contributed by atoms with Crippen LogP contribution >= 0.6 is 0 Å². The van der Waals surface area contributed by atoms with Crippen molar-refractivity contribution in [2.75, 3.05) is 0 Å². The summed E-state index contributed by atoms with van der Waals surface area (Å²) in [5, 5.41) is 0. The standard InChI is InChI=1S/C36H28/c1-25-20-22-29-26(24-25)21-23-34(29)36(27-12-4-2-5-13-27,28-14-6-3-7-15-28)35-32-18-10-8-16-30(32)31-17-9-11-19-33(31)35/h2-24,34-35H,1H3. The molecule has 0 bridgehead atoms. The van der Waals surface area contributed by atoms with Gasteiger partial charge in [0.2, 0.25) is 0 Å². The van der Waals surface area contributed by atoms with Gasteiger partial charge in [-0.2, -0.15) is 0 Å². The molecule has 36 heavy (non-hydrogen) atoms. The van der Waals surface area contributed by atoms with Crippen molar-refractivity contribution in [3.05, 3.63) is 172 Å². The van der Waals surface area contributed by atoms with Gasteiger partial charge >= 0.3 is 0 Å². The minimum Gasteiger partial charge on any atom is -0.0751 e. The number of aryl methyl sites for hydroxylation is 1. The molecule has 5 aromatic rings. The quantitative estimate of drug-likeness (QED) is 0.251. The van der Waals surface area contributed by atoms with E-state index in [2.05, 4.69) is 146 Å². The van der Waals surface area contributed by atoms with Gasteiger partial charge in [0.1, 0.15) is 0 Å².